The molecule has 58 heavy (non-hydrogen) atoms. The van der Waals surface area contributed by atoms with Gasteiger partial charge in [0.2, 0.25) is 5.91 Å². The highest BCUT2D eigenvalue weighted by atomic mass is 16.6. The third kappa shape index (κ3) is 8.47. The van der Waals surface area contributed by atoms with Crippen molar-refractivity contribution in [1.29, 1.82) is 0 Å². The van der Waals surface area contributed by atoms with E-state index < -0.39 is 17.7 Å². The average molecular weight is 794 g/mol. The van der Waals surface area contributed by atoms with E-state index in [1.54, 1.807) is 16.9 Å². The molecule has 14 nitrogen and oxygen atoms in total. The van der Waals surface area contributed by atoms with Crippen molar-refractivity contribution in [2.75, 3.05) is 33.9 Å². The fourth-order valence-corrected chi connectivity index (χ4v) is 8.08. The van der Waals surface area contributed by atoms with Gasteiger partial charge in [-0.2, -0.15) is 0 Å². The minimum absolute atomic E-state index is 0.0438. The monoisotopic (exact) mass is 793 g/mol. The number of H-pyrrole nitrogens is 2. The van der Waals surface area contributed by atoms with Crippen LogP contribution in [0.1, 0.15) is 78.1 Å². The second kappa shape index (κ2) is 16.3. The first-order chi connectivity index (χ1) is 27.6. The maximum atomic E-state index is 13.9. The van der Waals surface area contributed by atoms with Gasteiger partial charge < -0.3 is 39.1 Å². The maximum Gasteiger partial charge on any atom is 0.410 e. The molecule has 4 atom stereocenters. The number of imidazole rings is 2. The Balaban J connectivity index is 1.14. The number of nitrogens with one attached hydrogen (secondary N) is 3. The van der Waals surface area contributed by atoms with E-state index in [4.69, 9.17) is 28.9 Å². The number of amides is 3. The number of aromatic nitrogens is 4. The van der Waals surface area contributed by atoms with Crippen LogP contribution in [-0.4, -0.2) is 93.4 Å². The van der Waals surface area contributed by atoms with Crippen molar-refractivity contribution < 1.29 is 33.3 Å². The average Bonchev–Trinajstić information content (AvgIpc) is 3.93. The lowest BCUT2D eigenvalue weighted by Crippen LogP contribution is -2.52. The van der Waals surface area contributed by atoms with Gasteiger partial charge in [-0.05, 0) is 91.3 Å². The Kier molecular flexibility index (Phi) is 11.4. The molecule has 1 saturated heterocycles. The number of methoxy groups -OCH3 is 2. The van der Waals surface area contributed by atoms with E-state index in [2.05, 4.69) is 52.5 Å². The van der Waals surface area contributed by atoms with E-state index in [9.17, 15) is 14.4 Å². The second-order valence-corrected chi connectivity index (χ2v) is 17.2. The second-order valence-electron chi connectivity index (χ2n) is 17.2. The van der Waals surface area contributed by atoms with Crippen molar-refractivity contribution >= 4 is 39.9 Å². The number of carbonyl (C=O) groups excluding carboxylic acids is 3. The van der Waals surface area contributed by atoms with Crippen molar-refractivity contribution in [3.63, 3.8) is 0 Å². The van der Waals surface area contributed by atoms with Gasteiger partial charge in [0.05, 0.1) is 49.2 Å². The van der Waals surface area contributed by atoms with E-state index in [0.29, 0.717) is 38.0 Å². The highest BCUT2D eigenvalue weighted by molar-refractivity contribution is 6.07. The van der Waals surface area contributed by atoms with E-state index in [1.165, 1.54) is 7.11 Å². The molecule has 3 N–H and O–H groups in total. The minimum Gasteiger partial charge on any atom is -0.488 e. The van der Waals surface area contributed by atoms with Crippen LogP contribution in [-0.2, 0) is 32.2 Å². The Hall–Kier alpha value is -5.63. The molecule has 0 spiro atoms. The molecule has 3 amide bonds. The summed E-state index contributed by atoms with van der Waals surface area (Å²) < 4.78 is 22.3. The molecule has 0 aliphatic carbocycles. The predicted molar refractivity (Wildman–Crippen MR) is 221 cm³/mol. The van der Waals surface area contributed by atoms with Gasteiger partial charge in [0.25, 0.3) is 0 Å². The summed E-state index contributed by atoms with van der Waals surface area (Å²) in [6, 6.07) is 13.7. The predicted octanol–water partition coefficient (Wildman–Crippen LogP) is 7.98. The first kappa shape index (κ1) is 40.6. The van der Waals surface area contributed by atoms with Crippen molar-refractivity contribution in [2.24, 2.45) is 17.8 Å². The summed E-state index contributed by atoms with van der Waals surface area (Å²) in [5.74, 6) is 2.12. The zero-order chi connectivity index (χ0) is 41.5. The Morgan fingerprint density at radius 2 is 1.84 bits per heavy atom. The topological polar surface area (TPSA) is 164 Å². The van der Waals surface area contributed by atoms with E-state index in [0.717, 1.165) is 67.7 Å². The van der Waals surface area contributed by atoms with Gasteiger partial charge in [0.1, 0.15) is 35.6 Å². The minimum atomic E-state index is -0.774. The summed E-state index contributed by atoms with van der Waals surface area (Å²) in [6.07, 6.45) is 1.66. The lowest BCUT2D eigenvalue weighted by Gasteiger charge is -2.30. The van der Waals surface area contributed by atoms with Gasteiger partial charge in [-0.15, -0.1) is 0 Å². The van der Waals surface area contributed by atoms with Crippen LogP contribution in [0.4, 0.5) is 9.59 Å². The summed E-state index contributed by atoms with van der Waals surface area (Å²) >= 11 is 0. The molecule has 0 radical (unpaired) electrons. The van der Waals surface area contributed by atoms with Gasteiger partial charge >= 0.3 is 12.2 Å². The lowest BCUT2D eigenvalue weighted by molar-refractivity contribution is -0.136. The van der Waals surface area contributed by atoms with Crippen molar-refractivity contribution in [3.8, 4) is 28.1 Å². The van der Waals surface area contributed by atoms with E-state index >= 15 is 0 Å². The van der Waals surface area contributed by atoms with Crippen LogP contribution in [0.25, 0.3) is 44.2 Å². The summed E-state index contributed by atoms with van der Waals surface area (Å²) in [5, 5.41) is 4.65. The van der Waals surface area contributed by atoms with Crippen LogP contribution in [0.3, 0.4) is 0 Å². The standard InChI is InChI=1S/C44H55N7O7/c1-24(2)38(49-42(53)56-9)41(52)50(19-26(4)22-55-8)21-37-46-33-13-11-27-16-32-30-12-10-28(15-29(30)23-57-36(32)17-31(27)39(33)48-37)34-18-45-40(47-34)35-14-25(3)20-51(35)43(54)58-44(5,6)7/h10-13,15-18,24-26,35,38H,14,19-23H2,1-9H3,(H,45,47)(H,46,48)(H,49,53)/t25-,26-,35-,38-/m0/s1. The van der Waals surface area contributed by atoms with Gasteiger partial charge in [-0.25, -0.2) is 19.6 Å². The summed E-state index contributed by atoms with van der Waals surface area (Å²) in [6.45, 7) is 15.7. The maximum absolute atomic E-state index is 13.9. The number of hydrogen-bond donors (Lipinski definition) is 3. The number of alkyl carbamates (subject to hydrolysis) is 1. The molecule has 0 saturated carbocycles. The lowest BCUT2D eigenvalue weighted by atomic mass is 9.92. The largest absolute Gasteiger partial charge is 0.488 e. The molecule has 14 heteroatoms. The molecule has 2 aromatic heterocycles. The van der Waals surface area contributed by atoms with Crippen LogP contribution >= 0.6 is 0 Å². The number of benzene rings is 3. The number of likely N-dealkylation sites (tertiary alicyclic amines) is 1. The van der Waals surface area contributed by atoms with Gasteiger partial charge in [0.15, 0.2) is 0 Å². The summed E-state index contributed by atoms with van der Waals surface area (Å²) in [4.78, 5) is 59.4. The number of rotatable bonds is 11. The van der Waals surface area contributed by atoms with Crippen LogP contribution in [0, 0.1) is 17.8 Å². The molecule has 308 valence electrons. The normalized spacial score (nSPS) is 17.4. The van der Waals surface area contributed by atoms with Crippen molar-refractivity contribution in [1.82, 2.24) is 35.1 Å². The van der Waals surface area contributed by atoms with Gasteiger partial charge in [-0.1, -0.05) is 45.9 Å². The molecular weight excluding hydrogens is 739 g/mol. The summed E-state index contributed by atoms with van der Waals surface area (Å²) in [7, 11) is 2.92. The number of fused-ring (bicyclic) bond motifs is 6. The molecular formula is C44H55N7O7. The third-order valence-corrected chi connectivity index (χ3v) is 10.8. The van der Waals surface area contributed by atoms with Crippen molar-refractivity contribution in [2.45, 2.75) is 85.7 Å². The Morgan fingerprint density at radius 1 is 1.05 bits per heavy atom. The fourth-order valence-electron chi connectivity index (χ4n) is 8.08. The van der Waals surface area contributed by atoms with Crippen LogP contribution in [0.15, 0.2) is 48.7 Å². The molecule has 2 aliphatic heterocycles. The zero-order valence-electron chi connectivity index (χ0n) is 34.9. The van der Waals surface area contributed by atoms with E-state index in [-0.39, 0.29) is 36.4 Å². The Labute approximate surface area is 339 Å². The highest BCUT2D eigenvalue weighted by Gasteiger charge is 2.38. The SMILES string of the molecule is COC[C@@H](C)CN(Cc1nc2c(ccc3cc4c(cc32)OCc2cc(-c3cnc([C@@H]5C[C@H](C)CN5C(=O)OC(C)(C)C)[nH]3)ccc2-4)[nH]1)C(=O)[C@@H](NC(=O)OC)C(C)C. The molecule has 7 rings (SSSR count). The smallest absolute Gasteiger partial charge is 0.410 e. The summed E-state index contributed by atoms with van der Waals surface area (Å²) in [5.41, 5.74) is 6.04. The fraction of sp³-hybridized carbons (Fsp3) is 0.477. The van der Waals surface area contributed by atoms with Crippen molar-refractivity contribution in [3.05, 3.63) is 65.9 Å². The number of ether oxygens (including phenoxy) is 4. The van der Waals surface area contributed by atoms with Gasteiger partial charge in [-0.3, -0.25) is 9.69 Å². The Morgan fingerprint density at radius 3 is 2.57 bits per heavy atom. The number of nitrogens with zero attached hydrogens (tertiary/aromatic N) is 4. The van der Waals surface area contributed by atoms with Crippen LogP contribution < -0.4 is 10.1 Å². The quantitative estimate of drug-likeness (QED) is 0.120. The molecule has 5 aromatic rings. The molecule has 1 fully saturated rings. The van der Waals surface area contributed by atoms with E-state index in [1.807, 2.05) is 59.9 Å². The Bertz CT molecular complexity index is 2330. The van der Waals surface area contributed by atoms with Gasteiger partial charge in [0, 0.05) is 31.1 Å². The van der Waals surface area contributed by atoms with Crippen LogP contribution in [0.2, 0.25) is 0 Å². The number of carbonyl (C=O) groups is 3. The molecule has 3 aromatic carbocycles. The third-order valence-electron chi connectivity index (χ3n) is 10.8. The molecule has 4 heterocycles. The molecule has 2 aliphatic rings. The van der Waals surface area contributed by atoms with Crippen LogP contribution in [0.5, 0.6) is 5.75 Å². The first-order valence-corrected chi connectivity index (χ1v) is 20.0. The first-order valence-electron chi connectivity index (χ1n) is 20.0. The zero-order valence-corrected chi connectivity index (χ0v) is 34.9. The highest BCUT2D eigenvalue weighted by Crippen LogP contribution is 2.43. The number of hydrogen-bond acceptors (Lipinski definition) is 9. The molecule has 0 bridgehead atoms. The number of aromatic amines is 2. The molecule has 0 unspecified atom stereocenters.